The molecule has 1 aliphatic carbocycles. The van der Waals surface area contributed by atoms with E-state index >= 15 is 0 Å². The fourth-order valence-electron chi connectivity index (χ4n) is 2.40. The van der Waals surface area contributed by atoms with Crippen molar-refractivity contribution < 1.29 is 32.6 Å². The van der Waals surface area contributed by atoms with Gasteiger partial charge in [-0.3, -0.25) is 14.6 Å². The molecule has 1 rings (SSSR count). The van der Waals surface area contributed by atoms with Gasteiger partial charge < -0.3 is 15.3 Å². The van der Waals surface area contributed by atoms with Gasteiger partial charge in [0, 0.05) is 6.21 Å². The van der Waals surface area contributed by atoms with Gasteiger partial charge in [-0.05, 0) is 25.7 Å². The first kappa shape index (κ1) is 18.1. The smallest absolute Gasteiger partial charge is 0.430 e. The number of carboxylic acid groups (broad SMARTS) is 1. The van der Waals surface area contributed by atoms with E-state index in [1.54, 1.807) is 0 Å². The lowest BCUT2D eigenvalue weighted by atomic mass is 9.86. The second-order valence-corrected chi connectivity index (χ2v) is 5.02. The van der Waals surface area contributed by atoms with Gasteiger partial charge in [-0.2, -0.15) is 13.2 Å². The molecule has 9 heteroatoms. The minimum absolute atomic E-state index is 0.217. The van der Waals surface area contributed by atoms with Crippen LogP contribution in [-0.4, -0.2) is 48.3 Å². The number of halogens is 3. The molecule has 124 valence electrons. The van der Waals surface area contributed by atoms with Crippen LogP contribution in [0.15, 0.2) is 4.99 Å². The Labute approximate surface area is 124 Å². The van der Waals surface area contributed by atoms with Crippen molar-refractivity contribution in [3.8, 4) is 0 Å². The molecule has 1 aliphatic rings. The van der Waals surface area contributed by atoms with Gasteiger partial charge in [-0.1, -0.05) is 0 Å². The van der Waals surface area contributed by atoms with Crippen molar-refractivity contribution in [2.45, 2.75) is 37.9 Å². The lowest BCUT2D eigenvalue weighted by molar-refractivity contribution is -0.146. The fourth-order valence-corrected chi connectivity index (χ4v) is 2.40. The quantitative estimate of drug-likeness (QED) is 0.598. The Bertz CT molecular complexity index is 468. The molecule has 0 heterocycles. The molecule has 0 radical (unpaired) electrons. The summed E-state index contributed by atoms with van der Waals surface area (Å²) in [6, 6.07) is -0.709. The van der Waals surface area contributed by atoms with Crippen LogP contribution in [0.3, 0.4) is 0 Å². The average molecular weight is 322 g/mol. The number of alkyl halides is 3. The fraction of sp³-hybridized carbons (Fsp3) is 0.692. The maximum absolute atomic E-state index is 13.0. The molecule has 0 aliphatic heterocycles. The Kier molecular flexibility index (Phi) is 6.07. The van der Waals surface area contributed by atoms with E-state index in [1.807, 2.05) is 0 Å². The highest BCUT2D eigenvalue weighted by molar-refractivity contribution is 6.15. The van der Waals surface area contributed by atoms with Crippen molar-refractivity contribution in [3.05, 3.63) is 0 Å². The van der Waals surface area contributed by atoms with Crippen LogP contribution in [-0.2, 0) is 14.3 Å². The summed E-state index contributed by atoms with van der Waals surface area (Å²) in [4.78, 5) is 25.7. The van der Waals surface area contributed by atoms with E-state index in [1.165, 1.54) is 7.11 Å². The summed E-state index contributed by atoms with van der Waals surface area (Å²) in [5.74, 6) is -4.64. The molecule has 1 fully saturated rings. The van der Waals surface area contributed by atoms with E-state index in [4.69, 9.17) is 10.5 Å². The number of ether oxygens (including phenoxy) is 1. The number of rotatable bonds is 5. The third kappa shape index (κ3) is 4.54. The zero-order valence-corrected chi connectivity index (χ0v) is 11.9. The molecule has 2 N–H and O–H groups in total. The summed E-state index contributed by atoms with van der Waals surface area (Å²) < 4.78 is 43.5. The monoisotopic (exact) mass is 322 g/mol. The number of aliphatic imine (C=N–C) groups is 1. The molecule has 1 unspecified atom stereocenters. The molecular formula is C13H17F3N2O4. The standard InChI is InChI=1S/C13H17F3N2O4/c1-22-12(21)7-2-4-8(5-3-7)18-10(13(14,15)16)9(6-17)11(19)20/h6-9,17H,2-5H2,1H3,(H,19,20). The molecule has 0 aromatic heterocycles. The van der Waals surface area contributed by atoms with Gasteiger partial charge in [0.25, 0.3) is 0 Å². The Balaban J connectivity index is 2.89. The van der Waals surface area contributed by atoms with E-state index < -0.39 is 35.8 Å². The largest absolute Gasteiger partial charge is 0.480 e. The van der Waals surface area contributed by atoms with Gasteiger partial charge in [0.05, 0.1) is 19.1 Å². The maximum atomic E-state index is 13.0. The number of nitrogens with zero attached hydrogens (tertiary/aromatic N) is 1. The van der Waals surface area contributed by atoms with Crippen molar-refractivity contribution in [1.82, 2.24) is 0 Å². The minimum Gasteiger partial charge on any atom is -0.480 e. The average Bonchev–Trinajstić information content (AvgIpc) is 2.45. The second kappa shape index (κ2) is 7.37. The number of carbonyl (C=O) groups is 2. The predicted octanol–water partition coefficient (Wildman–Crippen LogP) is 2.07. The summed E-state index contributed by atoms with van der Waals surface area (Å²) in [7, 11) is 1.25. The second-order valence-electron chi connectivity index (χ2n) is 5.02. The number of carbonyl (C=O) groups excluding carboxylic acids is 1. The van der Waals surface area contributed by atoms with Crippen LogP contribution >= 0.6 is 0 Å². The number of aliphatic carboxylic acids is 1. The van der Waals surface area contributed by atoms with Crippen molar-refractivity contribution in [2.24, 2.45) is 16.8 Å². The first-order valence-electron chi connectivity index (χ1n) is 6.66. The van der Waals surface area contributed by atoms with Gasteiger partial charge in [0.2, 0.25) is 0 Å². The van der Waals surface area contributed by atoms with Crippen LogP contribution in [0.2, 0.25) is 0 Å². The van der Waals surface area contributed by atoms with Gasteiger partial charge in [0.1, 0.15) is 11.6 Å². The normalized spacial score (nSPS) is 24.5. The molecule has 0 bridgehead atoms. The summed E-state index contributed by atoms with van der Waals surface area (Å²) in [5.41, 5.74) is -1.48. The topological polar surface area (TPSA) is 99.8 Å². The first-order chi connectivity index (χ1) is 10.2. The van der Waals surface area contributed by atoms with Crippen LogP contribution < -0.4 is 0 Å². The molecule has 0 aromatic rings. The molecule has 6 nitrogen and oxygen atoms in total. The number of hydrogen-bond donors (Lipinski definition) is 2. The zero-order valence-electron chi connectivity index (χ0n) is 11.9. The van der Waals surface area contributed by atoms with Crippen molar-refractivity contribution in [1.29, 1.82) is 5.41 Å². The van der Waals surface area contributed by atoms with E-state index in [9.17, 15) is 22.8 Å². The Morgan fingerprint density at radius 1 is 1.32 bits per heavy atom. The van der Waals surface area contributed by atoms with Gasteiger partial charge in [0.15, 0.2) is 0 Å². The summed E-state index contributed by atoms with van der Waals surface area (Å²) in [6.45, 7) is 0. The molecule has 1 saturated carbocycles. The maximum Gasteiger partial charge on any atom is 0.430 e. The first-order valence-corrected chi connectivity index (χ1v) is 6.66. The van der Waals surface area contributed by atoms with Crippen LogP contribution in [0, 0.1) is 17.2 Å². The van der Waals surface area contributed by atoms with Crippen molar-refractivity contribution in [2.75, 3.05) is 7.11 Å². The number of methoxy groups -OCH3 is 1. The number of esters is 1. The number of hydrogen-bond acceptors (Lipinski definition) is 5. The Hall–Kier alpha value is -1.93. The molecular weight excluding hydrogens is 305 g/mol. The van der Waals surface area contributed by atoms with E-state index in [2.05, 4.69) is 9.73 Å². The molecule has 0 aromatic carbocycles. The molecule has 1 atom stereocenters. The zero-order chi connectivity index (χ0) is 16.9. The summed E-state index contributed by atoms with van der Waals surface area (Å²) in [5, 5.41) is 15.7. The molecule has 22 heavy (non-hydrogen) atoms. The van der Waals surface area contributed by atoms with Crippen LogP contribution in [0.5, 0.6) is 0 Å². The Morgan fingerprint density at radius 2 is 1.86 bits per heavy atom. The lowest BCUT2D eigenvalue weighted by Gasteiger charge is -2.26. The van der Waals surface area contributed by atoms with E-state index in [-0.39, 0.29) is 25.0 Å². The highest BCUT2D eigenvalue weighted by atomic mass is 19.4. The molecule has 0 spiro atoms. The van der Waals surface area contributed by atoms with Crippen LogP contribution in [0.1, 0.15) is 25.7 Å². The highest BCUT2D eigenvalue weighted by Crippen LogP contribution is 2.30. The van der Waals surface area contributed by atoms with Crippen LogP contribution in [0.4, 0.5) is 13.2 Å². The third-order valence-corrected chi connectivity index (χ3v) is 3.57. The number of nitrogens with one attached hydrogen (secondary N) is 1. The van der Waals surface area contributed by atoms with Crippen molar-refractivity contribution >= 4 is 23.9 Å². The molecule has 0 saturated heterocycles. The lowest BCUT2D eigenvalue weighted by Crippen LogP contribution is -2.38. The van der Waals surface area contributed by atoms with Gasteiger partial charge in [-0.25, -0.2) is 0 Å². The number of carboxylic acids is 1. The predicted molar refractivity (Wildman–Crippen MR) is 71.2 cm³/mol. The molecule has 0 amide bonds. The van der Waals surface area contributed by atoms with E-state index in [0.717, 1.165) is 0 Å². The van der Waals surface area contributed by atoms with Gasteiger partial charge in [-0.15, -0.1) is 0 Å². The van der Waals surface area contributed by atoms with E-state index in [0.29, 0.717) is 12.8 Å². The minimum atomic E-state index is -4.92. The van der Waals surface area contributed by atoms with Crippen LogP contribution in [0.25, 0.3) is 0 Å². The summed E-state index contributed by atoms with van der Waals surface area (Å²) >= 11 is 0. The van der Waals surface area contributed by atoms with Gasteiger partial charge >= 0.3 is 18.1 Å². The highest BCUT2D eigenvalue weighted by Gasteiger charge is 2.44. The van der Waals surface area contributed by atoms with Crippen molar-refractivity contribution in [3.63, 3.8) is 0 Å². The Morgan fingerprint density at radius 3 is 2.23 bits per heavy atom. The SMILES string of the molecule is COC(=O)C1CCC(N=C(C(C=N)C(=O)O)C(F)(F)F)CC1. The summed E-state index contributed by atoms with van der Waals surface area (Å²) in [6.07, 6.45) is -3.54. The third-order valence-electron chi connectivity index (χ3n) is 3.57.